The molecule has 24 heavy (non-hydrogen) atoms. The maximum atomic E-state index is 13.0. The summed E-state index contributed by atoms with van der Waals surface area (Å²) < 4.78 is 13.2. The van der Waals surface area contributed by atoms with Crippen LogP contribution in [-0.4, -0.2) is 7.11 Å². The molecule has 4 heteroatoms. The van der Waals surface area contributed by atoms with E-state index in [9.17, 15) is 4.79 Å². The van der Waals surface area contributed by atoms with Crippen molar-refractivity contribution in [3.05, 3.63) is 77.0 Å². The maximum absolute atomic E-state index is 13.0. The first-order valence-electron chi connectivity index (χ1n) is 7.53. The minimum atomic E-state index is -0.0204. The molecule has 0 bridgehead atoms. The van der Waals surface area contributed by atoms with Gasteiger partial charge in [0.25, 0.3) is 0 Å². The second kappa shape index (κ2) is 5.98. The summed E-state index contributed by atoms with van der Waals surface area (Å²) in [6.07, 6.45) is 0. The molecular weight excluding hydrogens is 320 g/mol. The van der Waals surface area contributed by atoms with Crippen molar-refractivity contribution in [2.75, 3.05) is 7.11 Å². The van der Waals surface area contributed by atoms with Crippen molar-refractivity contribution in [1.82, 2.24) is 0 Å². The van der Waals surface area contributed by atoms with E-state index in [0.717, 1.165) is 9.40 Å². The average Bonchev–Trinajstić information content (AvgIpc) is 2.62. The number of fused-ring (bicyclic) bond motifs is 2. The van der Waals surface area contributed by atoms with Gasteiger partial charge in [0.15, 0.2) is 5.43 Å². The summed E-state index contributed by atoms with van der Waals surface area (Å²) in [5.41, 5.74) is -0.0204. The van der Waals surface area contributed by atoms with E-state index >= 15 is 0 Å². The molecule has 0 amide bonds. The van der Waals surface area contributed by atoms with E-state index < -0.39 is 0 Å². The highest BCUT2D eigenvalue weighted by atomic mass is 32.1. The van der Waals surface area contributed by atoms with Gasteiger partial charge < -0.3 is 9.47 Å². The second-order valence-electron chi connectivity index (χ2n) is 5.34. The Hall–Kier alpha value is -2.85. The molecule has 0 atom stereocenters. The number of rotatable bonds is 3. The van der Waals surface area contributed by atoms with Gasteiger partial charge in [-0.1, -0.05) is 30.3 Å². The molecule has 0 fully saturated rings. The average molecular weight is 334 g/mol. The van der Waals surface area contributed by atoms with E-state index in [1.54, 1.807) is 24.5 Å². The van der Waals surface area contributed by atoms with Gasteiger partial charge in [-0.05, 0) is 30.3 Å². The first kappa shape index (κ1) is 14.7. The van der Waals surface area contributed by atoms with Crippen LogP contribution in [0.1, 0.15) is 0 Å². The molecule has 0 spiro atoms. The van der Waals surface area contributed by atoms with Crippen LogP contribution in [0.4, 0.5) is 0 Å². The van der Waals surface area contributed by atoms with Gasteiger partial charge in [0.2, 0.25) is 0 Å². The molecule has 3 nitrogen and oxygen atoms in total. The van der Waals surface area contributed by atoms with Crippen molar-refractivity contribution in [1.29, 1.82) is 0 Å². The second-order valence-corrected chi connectivity index (χ2v) is 6.42. The lowest BCUT2D eigenvalue weighted by Crippen LogP contribution is -2.03. The Morgan fingerprint density at radius 2 is 1.58 bits per heavy atom. The highest BCUT2D eigenvalue weighted by molar-refractivity contribution is 7.24. The van der Waals surface area contributed by atoms with Crippen molar-refractivity contribution in [2.24, 2.45) is 0 Å². The summed E-state index contributed by atoms with van der Waals surface area (Å²) in [5.74, 6) is 1.87. The Labute approximate surface area is 142 Å². The molecular formula is C20H14O3S. The molecule has 0 saturated heterocycles. The fraction of sp³-hybridized carbons (Fsp3) is 0.0500. The van der Waals surface area contributed by atoms with E-state index in [0.29, 0.717) is 28.0 Å². The van der Waals surface area contributed by atoms with Gasteiger partial charge in [-0.15, -0.1) is 11.3 Å². The van der Waals surface area contributed by atoms with E-state index in [1.807, 2.05) is 60.7 Å². The third kappa shape index (κ3) is 2.51. The highest BCUT2D eigenvalue weighted by Crippen LogP contribution is 2.36. The van der Waals surface area contributed by atoms with Gasteiger partial charge in [-0.3, -0.25) is 4.79 Å². The fourth-order valence-electron chi connectivity index (χ4n) is 2.68. The first-order chi connectivity index (χ1) is 11.8. The quantitative estimate of drug-likeness (QED) is 0.482. The van der Waals surface area contributed by atoms with Crippen molar-refractivity contribution < 1.29 is 9.47 Å². The zero-order chi connectivity index (χ0) is 16.5. The molecule has 4 aromatic rings. The van der Waals surface area contributed by atoms with Crippen molar-refractivity contribution in [3.63, 3.8) is 0 Å². The lowest BCUT2D eigenvalue weighted by atomic mass is 10.1. The minimum Gasteiger partial charge on any atom is -0.497 e. The molecule has 0 unspecified atom stereocenters. The number of hydrogen-bond donors (Lipinski definition) is 0. The number of para-hydroxylation sites is 1. The topological polar surface area (TPSA) is 35.5 Å². The fourth-order valence-corrected chi connectivity index (χ4v) is 3.80. The molecule has 0 aliphatic heterocycles. The molecule has 4 rings (SSSR count). The van der Waals surface area contributed by atoms with Crippen LogP contribution in [0.25, 0.3) is 20.2 Å². The van der Waals surface area contributed by atoms with Crippen LogP contribution >= 0.6 is 11.3 Å². The lowest BCUT2D eigenvalue weighted by molar-refractivity contribution is 0.410. The Balaban J connectivity index is 2.03. The highest BCUT2D eigenvalue weighted by Gasteiger charge is 2.14. The Morgan fingerprint density at radius 3 is 2.38 bits per heavy atom. The summed E-state index contributed by atoms with van der Waals surface area (Å²) in [4.78, 5) is 13.0. The largest absolute Gasteiger partial charge is 0.497 e. The molecule has 3 aromatic carbocycles. The molecule has 0 saturated carbocycles. The lowest BCUT2D eigenvalue weighted by Gasteiger charge is -2.11. The molecule has 118 valence electrons. The van der Waals surface area contributed by atoms with Gasteiger partial charge in [0.05, 0.1) is 12.5 Å². The summed E-state index contributed by atoms with van der Waals surface area (Å²) in [5, 5.41) is 1.29. The normalized spacial score (nSPS) is 10.9. The Morgan fingerprint density at radius 1 is 0.833 bits per heavy atom. The molecule has 0 aliphatic carbocycles. The third-order valence-corrected chi connectivity index (χ3v) is 4.94. The molecule has 0 N–H and O–H groups in total. The Kier molecular flexibility index (Phi) is 3.67. The summed E-state index contributed by atoms with van der Waals surface area (Å²) >= 11 is 1.56. The van der Waals surface area contributed by atoms with Gasteiger partial charge in [-0.25, -0.2) is 0 Å². The van der Waals surface area contributed by atoms with Crippen LogP contribution in [0.15, 0.2) is 71.5 Å². The maximum Gasteiger partial charge on any atom is 0.199 e. The monoisotopic (exact) mass is 334 g/mol. The number of methoxy groups -OCH3 is 1. The minimum absolute atomic E-state index is 0.0204. The van der Waals surface area contributed by atoms with E-state index in [-0.39, 0.29) is 5.43 Å². The predicted molar refractivity (Wildman–Crippen MR) is 98.7 cm³/mol. The summed E-state index contributed by atoms with van der Waals surface area (Å²) in [7, 11) is 1.61. The van der Waals surface area contributed by atoms with Crippen LogP contribution in [-0.2, 0) is 0 Å². The molecule has 0 aliphatic rings. The van der Waals surface area contributed by atoms with Crippen LogP contribution in [0, 0.1) is 0 Å². The number of ether oxygens (including phenoxy) is 2. The van der Waals surface area contributed by atoms with Crippen molar-refractivity contribution >= 4 is 31.5 Å². The van der Waals surface area contributed by atoms with Gasteiger partial charge in [-0.2, -0.15) is 0 Å². The summed E-state index contributed by atoms with van der Waals surface area (Å²) in [6, 6.07) is 20.7. The summed E-state index contributed by atoms with van der Waals surface area (Å²) in [6.45, 7) is 0. The molecule has 0 radical (unpaired) electrons. The van der Waals surface area contributed by atoms with Gasteiger partial charge in [0.1, 0.15) is 17.2 Å². The first-order valence-corrected chi connectivity index (χ1v) is 8.34. The van der Waals surface area contributed by atoms with E-state index in [2.05, 4.69) is 0 Å². The molecule has 1 aromatic heterocycles. The van der Waals surface area contributed by atoms with Crippen LogP contribution < -0.4 is 14.9 Å². The third-order valence-electron chi connectivity index (χ3n) is 3.82. The SMILES string of the molecule is COc1cc(Oc2ccccc2)c2c(=O)c3ccccc3sc2c1. The van der Waals surface area contributed by atoms with Crippen LogP contribution in [0.5, 0.6) is 17.2 Å². The smallest absolute Gasteiger partial charge is 0.199 e. The van der Waals surface area contributed by atoms with Crippen LogP contribution in [0.2, 0.25) is 0 Å². The Bertz CT molecular complexity index is 1080. The van der Waals surface area contributed by atoms with Crippen LogP contribution in [0.3, 0.4) is 0 Å². The van der Waals surface area contributed by atoms with E-state index in [4.69, 9.17) is 9.47 Å². The van der Waals surface area contributed by atoms with Gasteiger partial charge in [0, 0.05) is 20.9 Å². The van der Waals surface area contributed by atoms with Crippen molar-refractivity contribution in [2.45, 2.75) is 0 Å². The van der Waals surface area contributed by atoms with Gasteiger partial charge >= 0.3 is 0 Å². The van der Waals surface area contributed by atoms with Crippen molar-refractivity contribution in [3.8, 4) is 17.2 Å². The molecule has 1 heterocycles. The number of hydrogen-bond acceptors (Lipinski definition) is 4. The predicted octanol–water partition coefficient (Wildman–Crippen LogP) is 5.22. The standard InChI is InChI=1S/C20H14O3S/c1-22-14-11-16(23-13-7-3-2-4-8-13)19-18(12-14)24-17-10-6-5-9-15(17)20(19)21/h2-12H,1H3. The van der Waals surface area contributed by atoms with E-state index in [1.165, 1.54) is 0 Å². The zero-order valence-corrected chi connectivity index (χ0v) is 13.8. The number of benzene rings is 3. The zero-order valence-electron chi connectivity index (χ0n) is 13.0.